The molecule has 2 nitrogen and oxygen atoms in total. The number of rotatable bonds is 8. The van der Waals surface area contributed by atoms with Crippen molar-refractivity contribution in [2.24, 2.45) is 0 Å². The van der Waals surface area contributed by atoms with Crippen molar-refractivity contribution in [1.82, 2.24) is 5.32 Å². The third kappa shape index (κ3) is 4.75. The molecule has 1 rings (SSSR count). The maximum atomic E-state index is 14.0. The molecule has 3 heteroatoms. The number of hydrogen-bond donors (Lipinski definition) is 1. The maximum Gasteiger partial charge on any atom is 0.126 e. The number of benzene rings is 1. The van der Waals surface area contributed by atoms with Crippen molar-refractivity contribution in [3.05, 3.63) is 29.1 Å². The number of nitrogens with one attached hydrogen (secondary N) is 1. The van der Waals surface area contributed by atoms with E-state index in [2.05, 4.69) is 36.9 Å². The van der Waals surface area contributed by atoms with Gasteiger partial charge >= 0.3 is 0 Å². The van der Waals surface area contributed by atoms with Gasteiger partial charge in [-0.05, 0) is 56.5 Å². The SMILES string of the molecule is C#CCN(CCC)c1cc(C)c(F)cc1C(C)NCCC. The Morgan fingerprint density at radius 3 is 2.62 bits per heavy atom. The summed E-state index contributed by atoms with van der Waals surface area (Å²) in [6.07, 6.45) is 7.55. The van der Waals surface area contributed by atoms with Crippen LogP contribution in [0.25, 0.3) is 0 Å². The first-order valence-corrected chi connectivity index (χ1v) is 7.76. The van der Waals surface area contributed by atoms with Crippen LogP contribution in [0.3, 0.4) is 0 Å². The smallest absolute Gasteiger partial charge is 0.126 e. The van der Waals surface area contributed by atoms with Gasteiger partial charge in [0, 0.05) is 18.3 Å². The monoisotopic (exact) mass is 290 g/mol. The third-order valence-electron chi connectivity index (χ3n) is 3.59. The topological polar surface area (TPSA) is 15.3 Å². The zero-order valence-corrected chi connectivity index (χ0v) is 13.7. The second-order valence-corrected chi connectivity index (χ2v) is 5.46. The Balaban J connectivity index is 3.20. The molecule has 1 N–H and O–H groups in total. The second kappa shape index (κ2) is 8.69. The van der Waals surface area contributed by atoms with E-state index >= 15 is 0 Å². The van der Waals surface area contributed by atoms with Gasteiger partial charge < -0.3 is 10.2 Å². The van der Waals surface area contributed by atoms with Crippen molar-refractivity contribution in [2.45, 2.75) is 46.6 Å². The molecule has 0 aliphatic carbocycles. The Bertz CT molecular complexity index is 491. The summed E-state index contributed by atoms with van der Waals surface area (Å²) in [5, 5.41) is 3.43. The van der Waals surface area contributed by atoms with Crippen molar-refractivity contribution < 1.29 is 4.39 Å². The van der Waals surface area contributed by atoms with Gasteiger partial charge in [0.25, 0.3) is 0 Å². The highest BCUT2D eigenvalue weighted by molar-refractivity contribution is 5.57. The van der Waals surface area contributed by atoms with Crippen molar-refractivity contribution in [3.63, 3.8) is 0 Å². The van der Waals surface area contributed by atoms with Gasteiger partial charge in [0.15, 0.2) is 0 Å². The number of aryl methyl sites for hydroxylation is 1. The molecule has 116 valence electrons. The minimum Gasteiger partial charge on any atom is -0.360 e. The Morgan fingerprint density at radius 1 is 1.33 bits per heavy atom. The van der Waals surface area contributed by atoms with Crippen LogP contribution in [-0.2, 0) is 0 Å². The fraction of sp³-hybridized carbons (Fsp3) is 0.556. The van der Waals surface area contributed by atoms with E-state index in [4.69, 9.17) is 6.42 Å². The molecule has 1 atom stereocenters. The van der Waals surface area contributed by atoms with Gasteiger partial charge in [-0.2, -0.15) is 0 Å². The first kappa shape index (κ1) is 17.5. The Kier molecular flexibility index (Phi) is 7.25. The predicted octanol–water partition coefficient (Wildman–Crippen LogP) is 4.04. The van der Waals surface area contributed by atoms with Crippen molar-refractivity contribution >= 4 is 5.69 Å². The van der Waals surface area contributed by atoms with Crippen LogP contribution in [0.2, 0.25) is 0 Å². The van der Waals surface area contributed by atoms with E-state index in [-0.39, 0.29) is 11.9 Å². The summed E-state index contributed by atoms with van der Waals surface area (Å²) in [5.74, 6) is 2.55. The Labute approximate surface area is 128 Å². The lowest BCUT2D eigenvalue weighted by Gasteiger charge is -2.28. The molecule has 1 aromatic rings. The van der Waals surface area contributed by atoms with E-state index in [1.165, 1.54) is 0 Å². The van der Waals surface area contributed by atoms with E-state index in [0.717, 1.165) is 37.2 Å². The van der Waals surface area contributed by atoms with Crippen molar-refractivity contribution in [2.75, 3.05) is 24.5 Å². The van der Waals surface area contributed by atoms with Gasteiger partial charge in [0.1, 0.15) is 5.82 Å². The molecular weight excluding hydrogens is 263 g/mol. The van der Waals surface area contributed by atoms with E-state index < -0.39 is 0 Å². The zero-order chi connectivity index (χ0) is 15.8. The van der Waals surface area contributed by atoms with E-state index in [0.29, 0.717) is 12.1 Å². The minimum absolute atomic E-state index is 0.104. The number of anilines is 1. The molecule has 0 heterocycles. The molecule has 1 aromatic carbocycles. The molecule has 0 saturated carbocycles. The lowest BCUT2D eigenvalue weighted by atomic mass is 10.0. The van der Waals surface area contributed by atoms with Crippen LogP contribution in [0.15, 0.2) is 12.1 Å². The standard InChI is InChI=1S/C18H27FN2/c1-6-9-20-15(5)16-13-17(19)14(4)12-18(16)21(10-7-2)11-8-3/h2,12-13,15,20H,6,8-11H2,1,3-5H3. The van der Waals surface area contributed by atoms with Crippen LogP contribution in [0.4, 0.5) is 10.1 Å². The normalized spacial score (nSPS) is 12.0. The highest BCUT2D eigenvalue weighted by atomic mass is 19.1. The summed E-state index contributed by atoms with van der Waals surface area (Å²) in [7, 11) is 0. The average Bonchev–Trinajstić information content (AvgIpc) is 2.47. The molecule has 0 aromatic heterocycles. The van der Waals surface area contributed by atoms with Crippen LogP contribution in [0.1, 0.15) is 50.8 Å². The fourth-order valence-electron chi connectivity index (χ4n) is 2.44. The number of terminal acetylenes is 1. The first-order valence-electron chi connectivity index (χ1n) is 7.76. The lowest BCUT2D eigenvalue weighted by Crippen LogP contribution is -2.28. The van der Waals surface area contributed by atoms with Crippen molar-refractivity contribution in [1.29, 1.82) is 0 Å². The van der Waals surface area contributed by atoms with Gasteiger partial charge in [-0.1, -0.05) is 19.8 Å². The Hall–Kier alpha value is -1.53. The summed E-state index contributed by atoms with van der Waals surface area (Å²) < 4.78 is 14.0. The van der Waals surface area contributed by atoms with E-state index in [1.807, 2.05) is 6.07 Å². The molecule has 0 amide bonds. The number of hydrogen-bond acceptors (Lipinski definition) is 2. The van der Waals surface area contributed by atoms with Crippen molar-refractivity contribution in [3.8, 4) is 12.3 Å². The molecule has 0 bridgehead atoms. The number of nitrogens with zero attached hydrogens (tertiary/aromatic N) is 1. The third-order valence-corrected chi connectivity index (χ3v) is 3.59. The van der Waals surface area contributed by atoms with Crippen LogP contribution >= 0.6 is 0 Å². The molecular formula is C18H27FN2. The summed E-state index contributed by atoms with van der Waals surface area (Å²) >= 11 is 0. The summed E-state index contributed by atoms with van der Waals surface area (Å²) in [5.41, 5.74) is 2.69. The van der Waals surface area contributed by atoms with E-state index in [1.54, 1.807) is 13.0 Å². The molecule has 0 radical (unpaired) electrons. The zero-order valence-electron chi connectivity index (χ0n) is 13.7. The van der Waals surface area contributed by atoms with E-state index in [9.17, 15) is 4.39 Å². The van der Waals surface area contributed by atoms with Gasteiger partial charge in [-0.25, -0.2) is 4.39 Å². The molecule has 0 saturated heterocycles. The average molecular weight is 290 g/mol. The van der Waals surface area contributed by atoms with Crippen LogP contribution in [-0.4, -0.2) is 19.6 Å². The summed E-state index contributed by atoms with van der Waals surface area (Å²) in [6, 6.07) is 3.67. The molecule has 1 unspecified atom stereocenters. The number of halogens is 1. The highest BCUT2D eigenvalue weighted by Gasteiger charge is 2.17. The lowest BCUT2D eigenvalue weighted by molar-refractivity contribution is 0.559. The summed E-state index contributed by atoms with van der Waals surface area (Å²) in [4.78, 5) is 2.16. The molecule has 21 heavy (non-hydrogen) atoms. The molecule has 0 aliphatic rings. The predicted molar refractivity (Wildman–Crippen MR) is 89.2 cm³/mol. The van der Waals surface area contributed by atoms with Crippen LogP contribution < -0.4 is 10.2 Å². The summed E-state index contributed by atoms with van der Waals surface area (Å²) in [6.45, 7) is 10.5. The Morgan fingerprint density at radius 2 is 2.05 bits per heavy atom. The molecule has 0 aliphatic heterocycles. The molecule has 0 fully saturated rings. The maximum absolute atomic E-state index is 14.0. The quantitative estimate of drug-likeness (QED) is 0.727. The second-order valence-electron chi connectivity index (χ2n) is 5.46. The van der Waals surface area contributed by atoms with Gasteiger partial charge in [0.05, 0.1) is 6.54 Å². The molecule has 0 spiro atoms. The fourth-order valence-corrected chi connectivity index (χ4v) is 2.44. The largest absolute Gasteiger partial charge is 0.360 e. The highest BCUT2D eigenvalue weighted by Crippen LogP contribution is 2.29. The minimum atomic E-state index is -0.156. The van der Waals surface area contributed by atoms with Gasteiger partial charge in [-0.3, -0.25) is 0 Å². The van der Waals surface area contributed by atoms with Gasteiger partial charge in [0.2, 0.25) is 0 Å². The van der Waals surface area contributed by atoms with Crippen LogP contribution in [0, 0.1) is 25.1 Å². The first-order chi connectivity index (χ1) is 10.0. The van der Waals surface area contributed by atoms with Gasteiger partial charge in [-0.15, -0.1) is 6.42 Å². The van der Waals surface area contributed by atoms with Crippen LogP contribution in [0.5, 0.6) is 0 Å².